The van der Waals surface area contributed by atoms with Crippen LogP contribution in [0.15, 0.2) is 108 Å². The van der Waals surface area contributed by atoms with E-state index in [9.17, 15) is 0 Å². The smallest absolute Gasteiger partial charge is 0.144 e. The Morgan fingerprint density at radius 3 is 2.43 bits per heavy atom. The Balaban J connectivity index is 1.43. The van der Waals surface area contributed by atoms with Crippen LogP contribution in [0.3, 0.4) is 0 Å². The van der Waals surface area contributed by atoms with E-state index < -0.39 is 6.85 Å². The van der Waals surface area contributed by atoms with E-state index in [0.717, 1.165) is 60.7 Å². The van der Waals surface area contributed by atoms with Gasteiger partial charge in [-0.05, 0) is 70.9 Å². The van der Waals surface area contributed by atoms with Crippen molar-refractivity contribution in [3.8, 4) is 22.4 Å². The molecular weight excluding hydrogens is 426 g/mol. The van der Waals surface area contributed by atoms with Gasteiger partial charge in [-0.3, -0.25) is 4.98 Å². The molecule has 0 radical (unpaired) electrons. The lowest BCUT2D eigenvalue weighted by molar-refractivity contribution is 0.674. The highest BCUT2D eigenvalue weighted by Crippen LogP contribution is 2.41. The lowest BCUT2D eigenvalue weighted by Crippen LogP contribution is -1.88. The highest BCUT2D eigenvalue weighted by molar-refractivity contribution is 6.23. The molecule has 0 N–H and O–H groups in total. The van der Waals surface area contributed by atoms with Crippen molar-refractivity contribution >= 4 is 43.5 Å². The zero-order valence-corrected chi connectivity index (χ0v) is 19.2. The fraction of sp³-hybridized carbons (Fsp3) is 0.0606. The molecule has 0 aliphatic heterocycles. The quantitative estimate of drug-likeness (QED) is 0.244. The molecule has 2 heterocycles. The van der Waals surface area contributed by atoms with Crippen LogP contribution in [-0.4, -0.2) is 4.98 Å². The Labute approximate surface area is 207 Å². The van der Waals surface area contributed by atoms with Crippen molar-refractivity contribution in [3.05, 3.63) is 114 Å². The van der Waals surface area contributed by atoms with Crippen molar-refractivity contribution in [1.82, 2.24) is 4.98 Å². The Morgan fingerprint density at radius 1 is 0.686 bits per heavy atom. The highest BCUT2D eigenvalue weighted by Gasteiger charge is 2.16. The number of hydrogen-bond donors (Lipinski definition) is 0. The second kappa shape index (κ2) is 7.54. The second-order valence-electron chi connectivity index (χ2n) is 9.07. The van der Waals surface area contributed by atoms with Crippen molar-refractivity contribution < 1.29 is 8.53 Å². The van der Waals surface area contributed by atoms with Crippen molar-refractivity contribution in [2.75, 3.05) is 0 Å². The first kappa shape index (κ1) is 17.1. The van der Waals surface area contributed by atoms with E-state index in [1.165, 1.54) is 10.8 Å². The Morgan fingerprint density at radius 2 is 1.51 bits per heavy atom. The molecule has 2 nitrogen and oxygen atoms in total. The third-order valence-electron chi connectivity index (χ3n) is 6.95. The van der Waals surface area contributed by atoms with E-state index in [0.29, 0.717) is 5.56 Å². The molecule has 2 aromatic heterocycles. The van der Waals surface area contributed by atoms with Crippen LogP contribution in [0.2, 0.25) is 0 Å². The van der Waals surface area contributed by atoms with Crippen LogP contribution in [0.1, 0.15) is 15.2 Å². The number of nitrogens with zero attached hydrogens (tertiary/aromatic N) is 1. The number of aryl methyl sites for hydroxylation is 2. The molecule has 0 bridgehead atoms. The van der Waals surface area contributed by atoms with Crippen LogP contribution in [0.4, 0.5) is 0 Å². The minimum atomic E-state index is -2.13. The summed E-state index contributed by atoms with van der Waals surface area (Å²) in [5, 5.41) is 6.76. The number of rotatable bonds is 2. The van der Waals surface area contributed by atoms with Crippen LogP contribution < -0.4 is 0 Å². The van der Waals surface area contributed by atoms with Gasteiger partial charge in [-0.25, -0.2) is 0 Å². The van der Waals surface area contributed by atoms with Crippen molar-refractivity contribution in [3.63, 3.8) is 0 Å². The van der Waals surface area contributed by atoms with Gasteiger partial charge in [0, 0.05) is 32.0 Å². The lowest BCUT2D eigenvalue weighted by Gasteiger charge is -2.09. The van der Waals surface area contributed by atoms with Gasteiger partial charge in [-0.1, -0.05) is 78.4 Å². The maximum Gasteiger partial charge on any atom is 0.144 e. The molecule has 0 aliphatic rings. The highest BCUT2D eigenvalue weighted by atomic mass is 16.3. The van der Waals surface area contributed by atoms with Gasteiger partial charge >= 0.3 is 0 Å². The maximum atomic E-state index is 7.72. The normalized spacial score (nSPS) is 13.3. The topological polar surface area (TPSA) is 26.0 Å². The molecule has 7 rings (SSSR count). The summed E-state index contributed by atoms with van der Waals surface area (Å²) < 4.78 is 29.8. The van der Waals surface area contributed by atoms with Gasteiger partial charge in [-0.15, -0.1) is 0 Å². The summed E-state index contributed by atoms with van der Waals surface area (Å²) in [6.07, 6.45) is 1.80. The lowest BCUT2D eigenvalue weighted by atomic mass is 9.97. The summed E-state index contributed by atoms with van der Waals surface area (Å²) in [7, 11) is 0. The maximum absolute atomic E-state index is 7.72. The Bertz CT molecular complexity index is 2030. The van der Waals surface area contributed by atoms with Crippen molar-refractivity contribution in [1.29, 1.82) is 0 Å². The molecule has 0 saturated heterocycles. The van der Waals surface area contributed by atoms with Gasteiger partial charge in [0.2, 0.25) is 0 Å². The number of benzene rings is 5. The predicted molar refractivity (Wildman–Crippen MR) is 147 cm³/mol. The van der Waals surface area contributed by atoms with Crippen molar-refractivity contribution in [2.45, 2.75) is 13.8 Å². The summed E-state index contributed by atoms with van der Waals surface area (Å²) in [5.41, 5.74) is 6.64. The summed E-state index contributed by atoms with van der Waals surface area (Å²) in [5.74, 6) is 0. The molecule has 0 saturated carbocycles. The van der Waals surface area contributed by atoms with Gasteiger partial charge in [0.15, 0.2) is 0 Å². The van der Waals surface area contributed by atoms with E-state index in [2.05, 4.69) is 54.6 Å². The van der Waals surface area contributed by atoms with E-state index in [4.69, 9.17) is 13.5 Å². The second-order valence-corrected chi connectivity index (χ2v) is 9.07. The molecule has 0 aliphatic carbocycles. The van der Waals surface area contributed by atoms with Crippen LogP contribution >= 0.6 is 0 Å². The summed E-state index contributed by atoms with van der Waals surface area (Å²) >= 11 is 0. The molecular formula is C33H23NO. The van der Waals surface area contributed by atoms with Crippen LogP contribution in [-0.2, 0) is 0 Å². The molecule has 2 heteroatoms. The van der Waals surface area contributed by atoms with Gasteiger partial charge in [0.25, 0.3) is 0 Å². The van der Waals surface area contributed by atoms with Crippen LogP contribution in [0, 0.1) is 13.8 Å². The van der Waals surface area contributed by atoms with Crippen LogP contribution in [0.5, 0.6) is 0 Å². The number of furan rings is 1. The predicted octanol–water partition coefficient (Wildman–Crippen LogP) is 9.24. The molecule has 35 heavy (non-hydrogen) atoms. The minimum Gasteiger partial charge on any atom is -0.455 e. The van der Waals surface area contributed by atoms with Crippen molar-refractivity contribution in [2.24, 2.45) is 0 Å². The van der Waals surface area contributed by atoms with Gasteiger partial charge in [0.05, 0.1) is 5.69 Å². The summed E-state index contributed by atoms with van der Waals surface area (Å²) in [4.78, 5) is 4.70. The summed E-state index contributed by atoms with van der Waals surface area (Å²) in [6.45, 7) is -0.181. The van der Waals surface area contributed by atoms with Gasteiger partial charge < -0.3 is 4.42 Å². The fourth-order valence-electron chi connectivity index (χ4n) is 5.28. The average molecular weight is 453 g/mol. The number of hydrogen-bond acceptors (Lipinski definition) is 2. The van der Waals surface area contributed by atoms with E-state index in [1.54, 1.807) is 18.3 Å². The van der Waals surface area contributed by atoms with E-state index in [1.807, 2.05) is 37.3 Å². The standard InChI is InChI=1S/C33H23NO/c1-20-10-14-25(21(2)18-20)24-16-17-34-30(19-24)29-9-5-8-27-28-15-13-23-12-11-22-6-3-4-7-26(22)31(23)33(28)35-32(27)29/h3-19H,1-2H3/i1D3. The molecule has 0 amide bonds. The number of aromatic nitrogens is 1. The third-order valence-corrected chi connectivity index (χ3v) is 6.95. The number of fused-ring (bicyclic) bond motifs is 7. The minimum absolute atomic E-state index is 0.347. The number of pyridine rings is 1. The first-order chi connectivity index (χ1) is 18.4. The van der Waals surface area contributed by atoms with E-state index >= 15 is 0 Å². The zero-order valence-electron chi connectivity index (χ0n) is 22.2. The van der Waals surface area contributed by atoms with E-state index in [-0.39, 0.29) is 0 Å². The molecule has 0 unspecified atom stereocenters. The van der Waals surface area contributed by atoms with Gasteiger partial charge in [0.1, 0.15) is 11.2 Å². The molecule has 0 fully saturated rings. The Kier molecular flexibility index (Phi) is 3.68. The SMILES string of the molecule is [2H]C([2H])([2H])c1ccc(-c2ccnc(-c3cccc4c3oc3c4ccc4ccc5ccccc5c43)c2)c(C)c1. The largest absolute Gasteiger partial charge is 0.455 e. The molecule has 166 valence electrons. The molecule has 7 aromatic rings. The average Bonchev–Trinajstić information content (AvgIpc) is 3.31. The zero-order chi connectivity index (χ0) is 26.0. The molecule has 5 aromatic carbocycles. The molecule has 0 atom stereocenters. The number of para-hydroxylation sites is 1. The third kappa shape index (κ3) is 3.07. The molecule has 0 spiro atoms. The summed E-state index contributed by atoms with van der Waals surface area (Å²) in [6, 6.07) is 32.5. The first-order valence-corrected chi connectivity index (χ1v) is 11.7. The monoisotopic (exact) mass is 452 g/mol. The van der Waals surface area contributed by atoms with Crippen LogP contribution in [0.25, 0.3) is 65.9 Å². The van der Waals surface area contributed by atoms with Gasteiger partial charge in [-0.2, -0.15) is 0 Å². The fourth-order valence-corrected chi connectivity index (χ4v) is 5.28. The first-order valence-electron chi connectivity index (χ1n) is 13.2. The Hall–Kier alpha value is -4.43.